The molecule has 5 nitrogen and oxygen atoms in total. The number of carbonyl (C=O) groups excluding carboxylic acids is 1. The van der Waals surface area contributed by atoms with Gasteiger partial charge in [0.25, 0.3) is 0 Å². The van der Waals surface area contributed by atoms with Crippen molar-refractivity contribution in [3.8, 4) is 0 Å². The van der Waals surface area contributed by atoms with Crippen LogP contribution in [-0.2, 0) is 13.1 Å². The van der Waals surface area contributed by atoms with E-state index in [1.54, 1.807) is 0 Å². The number of hydrogen-bond donors (Lipinski definition) is 0. The lowest BCUT2D eigenvalue weighted by Gasteiger charge is -2.01. The van der Waals surface area contributed by atoms with E-state index in [1.807, 2.05) is 0 Å². The highest BCUT2D eigenvalue weighted by molar-refractivity contribution is 5.47. The Balaban J connectivity index is 0.00000143. The molecule has 156 valence electrons. The zero-order chi connectivity index (χ0) is 20.5. The maximum atomic E-state index is 8.33. The fourth-order valence-electron chi connectivity index (χ4n) is 3.24. The van der Waals surface area contributed by atoms with Gasteiger partial charge in [0.1, 0.15) is 18.9 Å². The summed E-state index contributed by atoms with van der Waals surface area (Å²) >= 11 is 0. The number of rotatable bonds is 13. The van der Waals surface area contributed by atoms with Crippen LogP contribution in [-0.4, -0.2) is 10.7 Å². The van der Waals surface area contributed by atoms with Gasteiger partial charge in [-0.05, 0) is 24.6 Å². The number of carbonyl (C=O) groups is 1. The third kappa shape index (κ3) is 13.0. The van der Waals surface area contributed by atoms with Crippen LogP contribution in [0.15, 0.2) is 49.1 Å². The quantitative estimate of drug-likeness (QED) is 0.390. The molecular weight excluding hydrogens is 352 g/mol. The lowest BCUT2D eigenvalue weighted by atomic mass is 10.1. The molecule has 1 aromatic carbocycles. The number of hydrogen-bond acceptors (Lipinski definition) is 3. The summed E-state index contributed by atoms with van der Waals surface area (Å²) in [7, 11) is 0. The average Bonchev–Trinajstić information content (AvgIpc) is 3.11. The Labute approximate surface area is 171 Å². The molecule has 0 saturated carbocycles. The van der Waals surface area contributed by atoms with Crippen LogP contribution in [0.25, 0.3) is 0 Å². The van der Waals surface area contributed by atoms with E-state index in [2.05, 4.69) is 65.1 Å². The molecule has 0 aliphatic heterocycles. The van der Waals surface area contributed by atoms with Gasteiger partial charge in [0, 0.05) is 0 Å². The van der Waals surface area contributed by atoms with Crippen LogP contribution in [0.2, 0.25) is 0 Å². The lowest BCUT2D eigenvalue weighted by molar-refractivity contribution is -0.687. The predicted octanol–water partition coefficient (Wildman–Crippen LogP) is 3.41. The van der Waals surface area contributed by atoms with Crippen LogP contribution < -0.4 is 14.8 Å². The summed E-state index contributed by atoms with van der Waals surface area (Å²) in [5.74, 6) is 0. The largest absolute Gasteiger partial charge is 1.00 e. The van der Waals surface area contributed by atoms with Crippen LogP contribution in [0.4, 0.5) is 4.79 Å². The molecule has 5 heteroatoms. The summed E-state index contributed by atoms with van der Waals surface area (Å²) in [4.78, 5) is 8.33. The van der Waals surface area contributed by atoms with Crippen molar-refractivity contribution in [3.63, 3.8) is 0 Å². The minimum Gasteiger partial charge on any atom is -0.652 e. The summed E-state index contributed by atoms with van der Waals surface area (Å²) in [6, 6.07) is 10.7. The molecule has 0 fully saturated rings. The van der Waals surface area contributed by atoms with E-state index in [4.69, 9.17) is 15.0 Å². The molecule has 2 aromatic rings. The number of nitrogens with zero attached hydrogens (tertiary/aromatic N) is 2. The third-order valence-electron chi connectivity index (χ3n) is 4.72. The first-order valence-corrected chi connectivity index (χ1v) is 10.6. The van der Waals surface area contributed by atoms with E-state index in [0.29, 0.717) is 0 Å². The minimum atomic E-state index is -2.33. The van der Waals surface area contributed by atoms with Gasteiger partial charge in [-0.3, -0.25) is 0 Å². The topological polar surface area (TPSA) is 72.0 Å². The molecule has 1 heterocycles. The van der Waals surface area contributed by atoms with Crippen molar-refractivity contribution in [1.29, 1.82) is 0 Å². The summed E-state index contributed by atoms with van der Waals surface area (Å²) in [5.41, 5.74) is 1.36. The van der Waals surface area contributed by atoms with E-state index >= 15 is 0 Å². The smallest absolute Gasteiger partial charge is 0.652 e. The Morgan fingerprint density at radius 3 is 2.04 bits per heavy atom. The van der Waals surface area contributed by atoms with Gasteiger partial charge in [0.15, 0.2) is 0 Å². The van der Waals surface area contributed by atoms with E-state index in [0.717, 1.165) is 13.1 Å². The number of carboxylic acid groups (broad SMARTS) is 2. The third-order valence-corrected chi connectivity index (χ3v) is 4.72. The molecule has 0 aliphatic carbocycles. The maximum Gasteiger partial charge on any atom is 1.00 e. The van der Waals surface area contributed by atoms with Crippen LogP contribution >= 0.6 is 0 Å². The first-order chi connectivity index (χ1) is 13.6. The minimum absolute atomic E-state index is 0. The van der Waals surface area contributed by atoms with Crippen molar-refractivity contribution < 1.29 is 21.0 Å². The molecule has 0 bridgehead atoms. The van der Waals surface area contributed by atoms with Crippen LogP contribution in [0.1, 0.15) is 78.1 Å². The first kappa shape index (κ1) is 23.7. The molecule has 0 spiro atoms. The van der Waals surface area contributed by atoms with Crippen molar-refractivity contribution in [2.75, 3.05) is 0 Å². The molecule has 0 aliphatic rings. The SMILES string of the molecule is CCCCCCCCCCCCn1cc[n+](Cc2ccccc2)c1.O=C([O-])[O-].[H+]. The van der Waals surface area contributed by atoms with Crippen molar-refractivity contribution in [1.82, 2.24) is 4.57 Å². The van der Waals surface area contributed by atoms with Crippen molar-refractivity contribution in [3.05, 3.63) is 54.6 Å². The zero-order valence-electron chi connectivity index (χ0n) is 18.2. The molecule has 28 heavy (non-hydrogen) atoms. The Hall–Kier alpha value is -2.30. The van der Waals surface area contributed by atoms with Crippen molar-refractivity contribution in [2.24, 2.45) is 0 Å². The standard InChI is InChI=1S/C22H35N2.CH2O3/c1-2-3-4-5-6-7-8-9-10-14-17-23-18-19-24(21-23)20-22-15-12-11-13-16-22;2-1(3)4/h11-13,15-16,18-19,21H,2-10,14,17,20H2,1H3;(H2,2,3,4)/q+1;/p-1. The van der Waals surface area contributed by atoms with E-state index in [-0.39, 0.29) is 1.43 Å². The molecule has 0 amide bonds. The highest BCUT2D eigenvalue weighted by Crippen LogP contribution is 2.10. The Morgan fingerprint density at radius 1 is 0.929 bits per heavy atom. The monoisotopic (exact) mass is 388 g/mol. The van der Waals surface area contributed by atoms with Crippen molar-refractivity contribution >= 4 is 6.16 Å². The second-order valence-corrected chi connectivity index (χ2v) is 7.24. The molecule has 0 radical (unpaired) electrons. The summed E-state index contributed by atoms with van der Waals surface area (Å²) in [5, 5.41) is 16.7. The number of aromatic nitrogens is 2. The normalized spacial score (nSPS) is 10.3. The zero-order valence-corrected chi connectivity index (χ0v) is 17.2. The van der Waals surface area contributed by atoms with Gasteiger partial charge in [0.05, 0.1) is 6.54 Å². The second kappa shape index (κ2) is 15.7. The first-order valence-electron chi connectivity index (χ1n) is 10.6. The van der Waals surface area contributed by atoms with E-state index < -0.39 is 6.16 Å². The highest BCUT2D eigenvalue weighted by Gasteiger charge is 2.04. The lowest BCUT2D eigenvalue weighted by Crippen LogP contribution is -2.37. The number of imidazole rings is 1. The molecule has 0 atom stereocenters. The average molecular weight is 389 g/mol. The molecule has 0 saturated heterocycles. The van der Waals surface area contributed by atoms with Crippen molar-refractivity contribution in [2.45, 2.75) is 84.2 Å². The van der Waals surface area contributed by atoms with Gasteiger partial charge in [0.2, 0.25) is 6.33 Å². The van der Waals surface area contributed by atoms with Crippen LogP contribution in [0.5, 0.6) is 0 Å². The van der Waals surface area contributed by atoms with Gasteiger partial charge in [-0.2, -0.15) is 0 Å². The predicted molar refractivity (Wildman–Crippen MR) is 109 cm³/mol. The summed E-state index contributed by atoms with van der Waals surface area (Å²) in [6.45, 7) is 4.40. The summed E-state index contributed by atoms with van der Waals surface area (Å²) < 4.78 is 4.60. The van der Waals surface area contributed by atoms with Crippen LogP contribution in [0.3, 0.4) is 0 Å². The Kier molecular flexibility index (Phi) is 13.3. The molecular formula is C23H36N2O3. The van der Waals surface area contributed by atoms with Gasteiger partial charge in [-0.15, -0.1) is 0 Å². The molecule has 2 rings (SSSR count). The van der Waals surface area contributed by atoms with Gasteiger partial charge >= 0.3 is 1.43 Å². The van der Waals surface area contributed by atoms with Gasteiger partial charge < -0.3 is 15.0 Å². The Morgan fingerprint density at radius 2 is 1.46 bits per heavy atom. The van der Waals surface area contributed by atoms with Gasteiger partial charge in [-0.25, -0.2) is 9.13 Å². The Bertz CT molecular complexity index is 628. The van der Waals surface area contributed by atoms with E-state index in [1.165, 1.54) is 69.8 Å². The molecule has 0 unspecified atom stereocenters. The second-order valence-electron chi connectivity index (χ2n) is 7.24. The summed E-state index contributed by atoms with van der Waals surface area (Å²) in [6.07, 6.45) is 18.3. The number of unbranched alkanes of at least 4 members (excludes halogenated alkanes) is 9. The maximum absolute atomic E-state index is 8.33. The number of aryl methyl sites for hydroxylation is 1. The number of benzene rings is 1. The molecule has 0 N–H and O–H groups in total. The van der Waals surface area contributed by atoms with E-state index in [9.17, 15) is 0 Å². The molecule has 1 aromatic heterocycles. The van der Waals surface area contributed by atoms with Gasteiger partial charge in [-0.1, -0.05) is 88.6 Å². The van der Waals surface area contributed by atoms with Crippen LogP contribution in [0, 0.1) is 0 Å². The highest BCUT2D eigenvalue weighted by atomic mass is 16.6. The fourth-order valence-corrected chi connectivity index (χ4v) is 3.24. The fraction of sp³-hybridized carbons (Fsp3) is 0.565.